The van der Waals surface area contributed by atoms with E-state index in [4.69, 9.17) is 28.4 Å². The summed E-state index contributed by atoms with van der Waals surface area (Å²) in [7, 11) is 0. The van der Waals surface area contributed by atoms with Crippen LogP contribution < -0.4 is 23.7 Å². The maximum absolute atomic E-state index is 10.2. The molecular weight excluding hydrogens is 424 g/mol. The molecule has 0 aromatic heterocycles. The Morgan fingerprint density at radius 3 is 2.47 bits per heavy atom. The molecule has 10 heteroatoms. The first-order valence-corrected chi connectivity index (χ1v) is 10.4. The predicted octanol–water partition coefficient (Wildman–Crippen LogP) is 0.204. The highest BCUT2D eigenvalue weighted by Crippen LogP contribution is 2.54. The van der Waals surface area contributed by atoms with Crippen molar-refractivity contribution in [3.8, 4) is 28.7 Å². The van der Waals surface area contributed by atoms with Gasteiger partial charge in [0.05, 0.1) is 19.1 Å². The molecule has 1 fully saturated rings. The van der Waals surface area contributed by atoms with E-state index in [0.29, 0.717) is 29.6 Å². The third kappa shape index (κ3) is 2.99. The molecule has 0 amide bonds. The van der Waals surface area contributed by atoms with E-state index in [1.165, 1.54) is 0 Å². The van der Waals surface area contributed by atoms with Crippen LogP contribution >= 0.6 is 0 Å². The Hall–Kier alpha value is -2.76. The lowest BCUT2D eigenvalue weighted by molar-refractivity contribution is -0.277. The van der Waals surface area contributed by atoms with E-state index in [9.17, 15) is 20.4 Å². The Kier molecular flexibility index (Phi) is 4.60. The highest BCUT2D eigenvalue weighted by atomic mass is 16.7. The molecule has 0 radical (unpaired) electrons. The molecule has 1 saturated heterocycles. The second kappa shape index (κ2) is 7.39. The quantitative estimate of drug-likeness (QED) is 0.518. The zero-order chi connectivity index (χ0) is 22.0. The first kappa shape index (κ1) is 19.9. The van der Waals surface area contributed by atoms with Crippen LogP contribution in [0.1, 0.15) is 23.1 Å². The van der Waals surface area contributed by atoms with Crippen molar-refractivity contribution in [3.63, 3.8) is 0 Å². The number of aliphatic hydroxyl groups excluding tert-OH is 4. The highest BCUT2D eigenvalue weighted by Gasteiger charge is 2.45. The smallest absolute Gasteiger partial charge is 0.231 e. The van der Waals surface area contributed by atoms with E-state index < -0.39 is 37.3 Å². The molecule has 2 aromatic rings. The zero-order valence-corrected chi connectivity index (χ0v) is 16.8. The van der Waals surface area contributed by atoms with Crippen LogP contribution in [0.15, 0.2) is 30.3 Å². The maximum atomic E-state index is 10.2. The largest absolute Gasteiger partial charge is 0.492 e. The van der Waals surface area contributed by atoms with Gasteiger partial charge < -0.3 is 48.8 Å². The molecule has 4 N–H and O–H groups in total. The van der Waals surface area contributed by atoms with E-state index >= 15 is 0 Å². The van der Waals surface area contributed by atoms with E-state index in [0.717, 1.165) is 16.9 Å². The van der Waals surface area contributed by atoms with Crippen molar-refractivity contribution in [1.82, 2.24) is 0 Å². The summed E-state index contributed by atoms with van der Waals surface area (Å²) >= 11 is 0. The summed E-state index contributed by atoms with van der Waals surface area (Å²) in [5.74, 6) is 3.00. The summed E-state index contributed by atoms with van der Waals surface area (Å²) in [4.78, 5) is 0. The molecular formula is C22H22O10. The zero-order valence-electron chi connectivity index (χ0n) is 16.8. The van der Waals surface area contributed by atoms with Crippen molar-refractivity contribution in [2.75, 3.05) is 20.0 Å². The molecule has 4 aliphatic rings. The van der Waals surface area contributed by atoms with Crippen LogP contribution in [0.2, 0.25) is 0 Å². The number of hydrogen-bond acceptors (Lipinski definition) is 10. The first-order valence-electron chi connectivity index (χ1n) is 10.4. The van der Waals surface area contributed by atoms with Crippen molar-refractivity contribution in [3.05, 3.63) is 41.5 Å². The van der Waals surface area contributed by atoms with E-state index in [1.807, 2.05) is 18.2 Å². The fraction of sp³-hybridized carbons (Fsp3) is 0.455. The van der Waals surface area contributed by atoms with Crippen LogP contribution in [0.5, 0.6) is 28.7 Å². The van der Waals surface area contributed by atoms with Gasteiger partial charge in [0.1, 0.15) is 47.8 Å². The van der Waals surface area contributed by atoms with Gasteiger partial charge in [-0.2, -0.15) is 0 Å². The summed E-state index contributed by atoms with van der Waals surface area (Å²) in [5.41, 5.74) is 1.85. The van der Waals surface area contributed by atoms with E-state index in [-0.39, 0.29) is 18.8 Å². The fourth-order valence-corrected chi connectivity index (χ4v) is 4.60. The number of benzene rings is 2. The summed E-state index contributed by atoms with van der Waals surface area (Å²) in [6, 6.07) is 8.94. The van der Waals surface area contributed by atoms with Gasteiger partial charge in [0.25, 0.3) is 0 Å². The third-order valence-electron chi connectivity index (χ3n) is 6.33. The predicted molar refractivity (Wildman–Crippen MR) is 105 cm³/mol. The molecule has 4 aliphatic heterocycles. The lowest BCUT2D eigenvalue weighted by atomic mass is 9.89. The number of aliphatic hydroxyl groups is 4. The van der Waals surface area contributed by atoms with Crippen molar-refractivity contribution in [2.24, 2.45) is 0 Å². The normalized spacial score (nSPS) is 34.1. The number of fused-ring (bicyclic) bond motifs is 6. The summed E-state index contributed by atoms with van der Waals surface area (Å²) in [5, 5.41) is 39.4. The molecule has 4 heterocycles. The Labute approximate surface area is 182 Å². The minimum atomic E-state index is -1.51. The molecule has 0 aliphatic carbocycles. The van der Waals surface area contributed by atoms with Crippen LogP contribution in [-0.4, -0.2) is 71.1 Å². The molecule has 2 aromatic carbocycles. The van der Waals surface area contributed by atoms with Crippen molar-refractivity contribution >= 4 is 0 Å². The summed E-state index contributed by atoms with van der Waals surface area (Å²) in [6.07, 6.45) is -7.01. The second-order valence-corrected chi connectivity index (χ2v) is 8.21. The van der Waals surface area contributed by atoms with Gasteiger partial charge >= 0.3 is 0 Å². The Balaban J connectivity index is 1.23. The molecule has 170 valence electrons. The summed E-state index contributed by atoms with van der Waals surface area (Å²) in [6.45, 7) is 0.0648. The third-order valence-corrected chi connectivity index (χ3v) is 6.33. The van der Waals surface area contributed by atoms with Crippen molar-refractivity contribution < 1.29 is 48.8 Å². The molecule has 6 rings (SSSR count). The lowest BCUT2D eigenvalue weighted by Crippen LogP contribution is -2.60. The maximum Gasteiger partial charge on any atom is 0.231 e. The van der Waals surface area contributed by atoms with Crippen molar-refractivity contribution in [2.45, 2.75) is 42.7 Å². The van der Waals surface area contributed by atoms with Crippen molar-refractivity contribution in [1.29, 1.82) is 0 Å². The van der Waals surface area contributed by atoms with Gasteiger partial charge in [-0.25, -0.2) is 0 Å². The molecule has 0 saturated carbocycles. The Morgan fingerprint density at radius 1 is 0.844 bits per heavy atom. The van der Waals surface area contributed by atoms with Crippen LogP contribution in [0.3, 0.4) is 0 Å². The first-order chi connectivity index (χ1) is 15.5. The van der Waals surface area contributed by atoms with Gasteiger partial charge in [0.15, 0.2) is 11.5 Å². The SMILES string of the molecule is OC[C@H]1O[C@@H](Oc2ccc3c(c2)OC[C@H]2c4cc5c(cc4O[C@H]32)OCO5)[C@H](O)[C@H](O)[C@H]1O. The molecule has 0 spiro atoms. The van der Waals surface area contributed by atoms with Gasteiger partial charge in [0.2, 0.25) is 13.1 Å². The number of rotatable bonds is 3. The molecule has 32 heavy (non-hydrogen) atoms. The summed E-state index contributed by atoms with van der Waals surface area (Å²) < 4.78 is 34.2. The van der Waals surface area contributed by atoms with Gasteiger partial charge in [0, 0.05) is 23.3 Å². The van der Waals surface area contributed by atoms with Crippen LogP contribution in [0.25, 0.3) is 0 Å². The second-order valence-electron chi connectivity index (χ2n) is 8.21. The van der Waals surface area contributed by atoms with Crippen LogP contribution in [-0.2, 0) is 4.74 Å². The fourth-order valence-electron chi connectivity index (χ4n) is 4.60. The van der Waals surface area contributed by atoms with Crippen LogP contribution in [0.4, 0.5) is 0 Å². The Bertz CT molecular complexity index is 1040. The van der Waals surface area contributed by atoms with Crippen LogP contribution in [0, 0.1) is 0 Å². The molecule has 0 unspecified atom stereocenters. The minimum absolute atomic E-state index is 0.00390. The minimum Gasteiger partial charge on any atom is -0.492 e. The monoisotopic (exact) mass is 446 g/mol. The van der Waals surface area contributed by atoms with E-state index in [1.54, 1.807) is 12.1 Å². The molecule has 0 bridgehead atoms. The standard InChI is InChI=1S/C22H22O10/c23-6-17-18(24)19(25)20(26)22(32-17)30-9-1-2-10-13(3-9)27-7-12-11-4-15-16(29-8-28-15)5-14(11)31-21(10)12/h1-5,12,17-26H,6-8H2/t12-,17+,18-,19+,20+,21+,22+/m0/s1. The number of hydrogen-bond donors (Lipinski definition) is 4. The van der Waals surface area contributed by atoms with E-state index in [2.05, 4.69) is 0 Å². The average Bonchev–Trinajstić information content (AvgIpc) is 3.41. The van der Waals surface area contributed by atoms with Gasteiger partial charge in [-0.15, -0.1) is 0 Å². The highest BCUT2D eigenvalue weighted by molar-refractivity contribution is 5.57. The van der Waals surface area contributed by atoms with Gasteiger partial charge in [-0.1, -0.05) is 0 Å². The van der Waals surface area contributed by atoms with Gasteiger partial charge in [-0.05, 0) is 18.2 Å². The van der Waals surface area contributed by atoms with Gasteiger partial charge in [-0.3, -0.25) is 0 Å². The average molecular weight is 446 g/mol. The molecule has 10 nitrogen and oxygen atoms in total. The molecule has 7 atom stereocenters. The lowest BCUT2D eigenvalue weighted by Gasteiger charge is -2.39. The topological polar surface area (TPSA) is 136 Å². The Morgan fingerprint density at radius 2 is 1.66 bits per heavy atom. The number of ether oxygens (including phenoxy) is 6.